The van der Waals surface area contributed by atoms with Crippen LogP contribution < -0.4 is 5.32 Å². The van der Waals surface area contributed by atoms with E-state index in [1.165, 1.54) is 44.9 Å². The Balaban J connectivity index is 2.42. The lowest BCUT2D eigenvalue weighted by Gasteiger charge is -2.18. The van der Waals surface area contributed by atoms with Gasteiger partial charge in [0.25, 0.3) is 0 Å². The van der Waals surface area contributed by atoms with Gasteiger partial charge in [-0.05, 0) is 25.8 Å². The van der Waals surface area contributed by atoms with Gasteiger partial charge in [-0.25, -0.2) is 4.98 Å². The van der Waals surface area contributed by atoms with Crippen LogP contribution in [0.2, 0.25) is 0 Å². The largest absolute Gasteiger partial charge is 0.314 e. The van der Waals surface area contributed by atoms with E-state index in [1.54, 1.807) is 6.33 Å². The summed E-state index contributed by atoms with van der Waals surface area (Å²) in [6, 6.07) is 0.548. The monoisotopic (exact) mass is 294 g/mol. The van der Waals surface area contributed by atoms with Crippen LogP contribution >= 0.6 is 0 Å². The summed E-state index contributed by atoms with van der Waals surface area (Å²) in [7, 11) is 0. The second-order valence-corrected chi connectivity index (χ2v) is 5.96. The fourth-order valence-electron chi connectivity index (χ4n) is 2.68. The third kappa shape index (κ3) is 7.60. The van der Waals surface area contributed by atoms with Gasteiger partial charge in [0.15, 0.2) is 0 Å². The minimum Gasteiger partial charge on any atom is -0.314 e. The Bertz CT molecular complexity index is 348. The molecule has 0 saturated carbocycles. The maximum Gasteiger partial charge on any atom is 0.138 e. The maximum atomic E-state index is 4.45. The van der Waals surface area contributed by atoms with E-state index in [2.05, 4.69) is 40.9 Å². The molecular formula is C17H34N4. The highest BCUT2D eigenvalue weighted by Gasteiger charge is 2.13. The minimum absolute atomic E-state index is 0.548. The number of nitrogens with zero attached hydrogens (tertiary/aromatic N) is 3. The Hall–Kier alpha value is -0.900. The molecule has 0 saturated heterocycles. The van der Waals surface area contributed by atoms with Gasteiger partial charge < -0.3 is 5.32 Å². The predicted molar refractivity (Wildman–Crippen MR) is 89.5 cm³/mol. The fraction of sp³-hybridized carbons (Fsp3) is 0.882. The summed E-state index contributed by atoms with van der Waals surface area (Å²) in [5.41, 5.74) is 0. The molecule has 1 heterocycles. The molecule has 4 heteroatoms. The SMILES string of the molecule is CCCCCCCC(Cc1ncnn1CCC)NCCC. The first kappa shape index (κ1) is 18.1. The molecule has 1 N–H and O–H groups in total. The molecule has 1 aromatic rings. The van der Waals surface area contributed by atoms with Gasteiger partial charge in [0.05, 0.1) is 0 Å². The third-order valence-electron chi connectivity index (χ3n) is 3.90. The Kier molecular flexibility index (Phi) is 10.1. The first-order chi connectivity index (χ1) is 10.3. The second kappa shape index (κ2) is 11.7. The summed E-state index contributed by atoms with van der Waals surface area (Å²) in [6.07, 6.45) is 13.0. The molecule has 0 spiro atoms. The molecule has 1 aromatic heterocycles. The number of unbranched alkanes of at least 4 members (excludes halogenated alkanes) is 4. The lowest BCUT2D eigenvalue weighted by Crippen LogP contribution is -2.33. The van der Waals surface area contributed by atoms with Crippen molar-refractivity contribution in [2.24, 2.45) is 0 Å². The van der Waals surface area contributed by atoms with Crippen LogP contribution in [-0.2, 0) is 13.0 Å². The highest BCUT2D eigenvalue weighted by Crippen LogP contribution is 2.11. The fourth-order valence-corrected chi connectivity index (χ4v) is 2.68. The quantitative estimate of drug-likeness (QED) is 0.560. The van der Waals surface area contributed by atoms with Crippen LogP contribution in [0.15, 0.2) is 6.33 Å². The van der Waals surface area contributed by atoms with E-state index in [1.807, 2.05) is 0 Å². The van der Waals surface area contributed by atoms with E-state index < -0.39 is 0 Å². The summed E-state index contributed by atoms with van der Waals surface area (Å²) in [4.78, 5) is 4.45. The Labute approximate surface area is 130 Å². The number of nitrogens with one attached hydrogen (secondary N) is 1. The molecule has 0 aliphatic carbocycles. The molecule has 0 amide bonds. The number of aryl methyl sites for hydroxylation is 1. The van der Waals surface area contributed by atoms with Crippen molar-refractivity contribution < 1.29 is 0 Å². The highest BCUT2D eigenvalue weighted by molar-refractivity contribution is 4.90. The summed E-state index contributed by atoms with van der Waals surface area (Å²) in [5, 5.41) is 8.02. The van der Waals surface area contributed by atoms with Gasteiger partial charge in [-0.2, -0.15) is 5.10 Å². The van der Waals surface area contributed by atoms with Crippen LogP contribution in [0.3, 0.4) is 0 Å². The van der Waals surface area contributed by atoms with Crippen LogP contribution in [-0.4, -0.2) is 27.4 Å². The first-order valence-corrected chi connectivity index (χ1v) is 8.91. The Morgan fingerprint density at radius 2 is 1.86 bits per heavy atom. The summed E-state index contributed by atoms with van der Waals surface area (Å²) in [5.74, 6) is 1.14. The zero-order valence-electron chi connectivity index (χ0n) is 14.3. The number of rotatable bonds is 13. The second-order valence-electron chi connectivity index (χ2n) is 5.96. The van der Waals surface area contributed by atoms with Crippen molar-refractivity contribution >= 4 is 0 Å². The molecule has 0 aliphatic rings. The van der Waals surface area contributed by atoms with Crippen molar-refractivity contribution in [1.82, 2.24) is 20.1 Å². The van der Waals surface area contributed by atoms with Crippen molar-refractivity contribution in [2.75, 3.05) is 6.54 Å². The molecule has 4 nitrogen and oxygen atoms in total. The molecule has 21 heavy (non-hydrogen) atoms. The normalized spacial score (nSPS) is 12.7. The lowest BCUT2D eigenvalue weighted by atomic mass is 10.0. The van der Waals surface area contributed by atoms with Crippen LogP contribution in [0.4, 0.5) is 0 Å². The average molecular weight is 294 g/mol. The molecule has 0 fully saturated rings. The topological polar surface area (TPSA) is 42.7 Å². The lowest BCUT2D eigenvalue weighted by molar-refractivity contribution is 0.432. The van der Waals surface area contributed by atoms with Crippen molar-refractivity contribution in [3.8, 4) is 0 Å². The standard InChI is InChI=1S/C17H34N4/c1-4-7-8-9-10-11-16(18-12-5-2)14-17-19-15-20-21(17)13-6-3/h15-16,18H,4-14H2,1-3H3. The molecule has 1 rings (SSSR count). The van der Waals surface area contributed by atoms with Gasteiger partial charge >= 0.3 is 0 Å². The predicted octanol–water partition coefficient (Wildman–Crippen LogP) is 3.96. The van der Waals surface area contributed by atoms with Gasteiger partial charge in [0.2, 0.25) is 0 Å². The smallest absolute Gasteiger partial charge is 0.138 e. The van der Waals surface area contributed by atoms with Gasteiger partial charge in [0, 0.05) is 19.0 Å². The Morgan fingerprint density at radius 3 is 2.57 bits per heavy atom. The molecule has 0 radical (unpaired) electrons. The van der Waals surface area contributed by atoms with E-state index in [-0.39, 0.29) is 0 Å². The van der Waals surface area contributed by atoms with Crippen LogP contribution in [0, 0.1) is 0 Å². The van der Waals surface area contributed by atoms with Gasteiger partial charge in [-0.1, -0.05) is 52.9 Å². The zero-order valence-corrected chi connectivity index (χ0v) is 14.3. The maximum absolute atomic E-state index is 4.45. The van der Waals surface area contributed by atoms with E-state index in [4.69, 9.17) is 0 Å². The number of aromatic nitrogens is 3. The van der Waals surface area contributed by atoms with E-state index in [9.17, 15) is 0 Å². The van der Waals surface area contributed by atoms with Crippen molar-refractivity contribution in [3.63, 3.8) is 0 Å². The molecule has 1 unspecified atom stereocenters. The van der Waals surface area contributed by atoms with Crippen LogP contribution in [0.5, 0.6) is 0 Å². The molecule has 1 atom stereocenters. The van der Waals surface area contributed by atoms with E-state index in [0.717, 1.165) is 31.8 Å². The van der Waals surface area contributed by atoms with Gasteiger partial charge in [-0.3, -0.25) is 4.68 Å². The first-order valence-electron chi connectivity index (χ1n) is 8.91. The molecular weight excluding hydrogens is 260 g/mol. The molecule has 0 aliphatic heterocycles. The summed E-state index contributed by atoms with van der Waals surface area (Å²) < 4.78 is 2.07. The third-order valence-corrected chi connectivity index (χ3v) is 3.90. The molecule has 0 bridgehead atoms. The summed E-state index contributed by atoms with van der Waals surface area (Å²) >= 11 is 0. The average Bonchev–Trinajstić information content (AvgIpc) is 2.92. The van der Waals surface area contributed by atoms with E-state index >= 15 is 0 Å². The summed E-state index contributed by atoms with van der Waals surface area (Å²) in [6.45, 7) is 8.76. The van der Waals surface area contributed by atoms with Gasteiger partial charge in [-0.15, -0.1) is 0 Å². The zero-order chi connectivity index (χ0) is 15.3. The van der Waals surface area contributed by atoms with Crippen molar-refractivity contribution in [3.05, 3.63) is 12.2 Å². The van der Waals surface area contributed by atoms with Crippen LogP contribution in [0.25, 0.3) is 0 Å². The minimum atomic E-state index is 0.548. The molecule has 0 aromatic carbocycles. The van der Waals surface area contributed by atoms with Crippen molar-refractivity contribution in [1.29, 1.82) is 0 Å². The van der Waals surface area contributed by atoms with Crippen molar-refractivity contribution in [2.45, 2.75) is 91.1 Å². The van der Waals surface area contributed by atoms with Crippen LogP contribution in [0.1, 0.15) is 78.0 Å². The Morgan fingerprint density at radius 1 is 1.05 bits per heavy atom. The highest BCUT2D eigenvalue weighted by atomic mass is 15.3. The number of hydrogen-bond donors (Lipinski definition) is 1. The van der Waals surface area contributed by atoms with E-state index in [0.29, 0.717) is 6.04 Å². The number of hydrogen-bond acceptors (Lipinski definition) is 3. The molecule has 122 valence electrons. The van der Waals surface area contributed by atoms with Gasteiger partial charge in [0.1, 0.15) is 12.2 Å².